The summed E-state index contributed by atoms with van der Waals surface area (Å²) >= 11 is 0. The van der Waals surface area contributed by atoms with Crippen molar-refractivity contribution in [3.63, 3.8) is 0 Å². The molecule has 1 N–H and O–H groups in total. The van der Waals surface area contributed by atoms with Crippen molar-refractivity contribution in [2.24, 2.45) is 0 Å². The molecule has 6 nitrogen and oxygen atoms in total. The molecule has 4 rings (SSSR count). The Morgan fingerprint density at radius 2 is 1.79 bits per heavy atom. The van der Waals surface area contributed by atoms with Gasteiger partial charge in [-0.2, -0.15) is 5.10 Å². The van der Waals surface area contributed by atoms with E-state index in [1.807, 2.05) is 71.5 Å². The highest BCUT2D eigenvalue weighted by Gasteiger charge is 2.15. The molecule has 2 heterocycles. The van der Waals surface area contributed by atoms with E-state index in [-0.39, 0.29) is 18.3 Å². The Hall–Kier alpha value is -3.80. The molecule has 29 heavy (non-hydrogen) atoms. The Bertz CT molecular complexity index is 1040. The number of carbonyl (C=O) groups excluding carboxylic acids is 1. The van der Waals surface area contributed by atoms with Gasteiger partial charge in [-0.1, -0.05) is 42.5 Å². The largest absolute Gasteiger partial charge is 0.489 e. The lowest BCUT2D eigenvalue weighted by molar-refractivity contribution is 0.0919. The van der Waals surface area contributed by atoms with Crippen molar-refractivity contribution in [2.75, 3.05) is 0 Å². The first-order valence-electron chi connectivity index (χ1n) is 9.35. The number of para-hydroxylation sites is 1. The lowest BCUT2D eigenvalue weighted by atomic mass is 10.1. The molecule has 2 aromatic carbocycles. The molecule has 1 amide bonds. The second-order valence-electron chi connectivity index (χ2n) is 6.58. The first-order chi connectivity index (χ1) is 14.3. The van der Waals surface area contributed by atoms with Crippen LogP contribution in [0.3, 0.4) is 0 Å². The number of nitrogens with one attached hydrogen (secondary N) is 1. The molecule has 0 unspecified atom stereocenters. The number of furan rings is 1. The highest BCUT2D eigenvalue weighted by atomic mass is 16.5. The summed E-state index contributed by atoms with van der Waals surface area (Å²) in [6, 6.07) is 21.2. The highest BCUT2D eigenvalue weighted by molar-refractivity contribution is 5.92. The topological polar surface area (TPSA) is 69.3 Å². The van der Waals surface area contributed by atoms with Crippen molar-refractivity contribution in [2.45, 2.75) is 19.7 Å². The molecule has 146 valence electrons. The quantitative estimate of drug-likeness (QED) is 0.496. The minimum atomic E-state index is -0.262. The summed E-state index contributed by atoms with van der Waals surface area (Å²) in [4.78, 5) is 12.5. The van der Waals surface area contributed by atoms with Crippen molar-refractivity contribution in [3.05, 3.63) is 108 Å². The van der Waals surface area contributed by atoms with E-state index in [0.29, 0.717) is 12.1 Å². The van der Waals surface area contributed by atoms with Crippen molar-refractivity contribution < 1.29 is 13.9 Å². The highest BCUT2D eigenvalue weighted by Crippen LogP contribution is 2.16. The number of carbonyl (C=O) groups is 1. The predicted molar refractivity (Wildman–Crippen MR) is 108 cm³/mol. The maximum Gasteiger partial charge on any atom is 0.287 e. The molecule has 0 aliphatic heterocycles. The number of ether oxygens (including phenoxy) is 1. The van der Waals surface area contributed by atoms with Crippen LogP contribution in [0.25, 0.3) is 0 Å². The van der Waals surface area contributed by atoms with E-state index in [4.69, 9.17) is 9.15 Å². The third-order valence-corrected chi connectivity index (χ3v) is 4.47. The number of aromatic nitrogens is 2. The van der Waals surface area contributed by atoms with Gasteiger partial charge in [0.2, 0.25) is 0 Å². The molecule has 0 saturated heterocycles. The zero-order valence-corrected chi connectivity index (χ0v) is 15.8. The number of nitrogens with zero attached hydrogens (tertiary/aromatic N) is 2. The van der Waals surface area contributed by atoms with Crippen LogP contribution in [-0.4, -0.2) is 15.7 Å². The summed E-state index contributed by atoms with van der Waals surface area (Å²) in [7, 11) is 0. The average molecular weight is 387 g/mol. The first-order valence-corrected chi connectivity index (χ1v) is 9.35. The van der Waals surface area contributed by atoms with Gasteiger partial charge >= 0.3 is 0 Å². The minimum absolute atomic E-state index is 0.262. The lowest BCUT2D eigenvalue weighted by Crippen LogP contribution is -2.23. The van der Waals surface area contributed by atoms with Gasteiger partial charge in [0.1, 0.15) is 12.4 Å². The second kappa shape index (κ2) is 8.93. The fraction of sp³-hybridized carbons (Fsp3) is 0.130. The van der Waals surface area contributed by atoms with Crippen molar-refractivity contribution >= 4 is 5.91 Å². The van der Waals surface area contributed by atoms with Crippen LogP contribution >= 0.6 is 0 Å². The van der Waals surface area contributed by atoms with Gasteiger partial charge in [0.25, 0.3) is 5.91 Å². The van der Waals surface area contributed by atoms with Crippen LogP contribution in [-0.2, 0) is 19.7 Å². The van der Waals surface area contributed by atoms with Gasteiger partial charge in [-0.25, -0.2) is 0 Å². The number of hydrogen-bond acceptors (Lipinski definition) is 4. The van der Waals surface area contributed by atoms with Crippen molar-refractivity contribution in [3.8, 4) is 5.75 Å². The van der Waals surface area contributed by atoms with E-state index < -0.39 is 0 Å². The SMILES string of the molecule is O=C(NCc1ccc(Cn2cccn2)cc1)c1occc1COc1ccccc1. The zero-order chi connectivity index (χ0) is 19.9. The molecule has 0 fully saturated rings. The predicted octanol–water partition coefficient (Wildman–Crippen LogP) is 4.03. The van der Waals surface area contributed by atoms with Crippen molar-refractivity contribution in [1.29, 1.82) is 0 Å². The second-order valence-corrected chi connectivity index (χ2v) is 6.58. The van der Waals surface area contributed by atoms with Gasteiger partial charge in [-0.3, -0.25) is 9.48 Å². The summed E-state index contributed by atoms with van der Waals surface area (Å²) in [6.07, 6.45) is 5.19. The Morgan fingerprint density at radius 1 is 1.00 bits per heavy atom. The molecular formula is C23H21N3O3. The van der Waals surface area contributed by atoms with Gasteiger partial charge in [-0.15, -0.1) is 0 Å². The molecule has 0 saturated carbocycles. The zero-order valence-electron chi connectivity index (χ0n) is 15.8. The molecule has 6 heteroatoms. The fourth-order valence-electron chi connectivity index (χ4n) is 2.93. The van der Waals surface area contributed by atoms with E-state index in [1.54, 1.807) is 12.3 Å². The molecule has 0 radical (unpaired) electrons. The normalized spacial score (nSPS) is 10.6. The maximum atomic E-state index is 12.5. The van der Waals surface area contributed by atoms with Crippen LogP contribution in [0.5, 0.6) is 5.75 Å². The monoisotopic (exact) mass is 387 g/mol. The van der Waals surface area contributed by atoms with E-state index in [1.165, 1.54) is 6.26 Å². The van der Waals surface area contributed by atoms with Crippen molar-refractivity contribution in [1.82, 2.24) is 15.1 Å². The summed E-state index contributed by atoms with van der Waals surface area (Å²) in [5.74, 6) is 0.758. The maximum absolute atomic E-state index is 12.5. The number of amides is 1. The number of rotatable bonds is 8. The molecular weight excluding hydrogens is 366 g/mol. The van der Waals surface area contributed by atoms with Gasteiger partial charge in [0.05, 0.1) is 12.8 Å². The Kier molecular flexibility index (Phi) is 5.71. The number of benzene rings is 2. The van der Waals surface area contributed by atoms with Crippen LogP contribution in [0, 0.1) is 0 Å². The third kappa shape index (κ3) is 4.93. The lowest BCUT2D eigenvalue weighted by Gasteiger charge is -2.08. The van der Waals surface area contributed by atoms with Crippen LogP contribution in [0.15, 0.2) is 89.8 Å². The Morgan fingerprint density at radius 3 is 2.55 bits per heavy atom. The smallest absolute Gasteiger partial charge is 0.287 e. The average Bonchev–Trinajstić information content (AvgIpc) is 3.44. The molecule has 0 aliphatic rings. The van der Waals surface area contributed by atoms with Gasteiger partial charge in [0.15, 0.2) is 5.76 Å². The van der Waals surface area contributed by atoms with E-state index in [0.717, 1.165) is 23.4 Å². The Labute approximate surface area is 168 Å². The van der Waals surface area contributed by atoms with Gasteiger partial charge in [-0.05, 0) is 35.4 Å². The van der Waals surface area contributed by atoms with Crippen LogP contribution in [0.1, 0.15) is 27.2 Å². The molecule has 0 atom stereocenters. The summed E-state index contributed by atoms with van der Waals surface area (Å²) in [6.45, 7) is 1.41. The number of hydrogen-bond donors (Lipinski definition) is 1. The summed E-state index contributed by atoms with van der Waals surface area (Å²) in [5.41, 5.74) is 2.87. The van der Waals surface area contributed by atoms with Gasteiger partial charge < -0.3 is 14.5 Å². The van der Waals surface area contributed by atoms with E-state index >= 15 is 0 Å². The summed E-state index contributed by atoms with van der Waals surface area (Å²) in [5, 5.41) is 7.10. The van der Waals surface area contributed by atoms with Crippen LogP contribution < -0.4 is 10.1 Å². The third-order valence-electron chi connectivity index (χ3n) is 4.47. The van der Waals surface area contributed by atoms with E-state index in [2.05, 4.69) is 10.4 Å². The fourth-order valence-corrected chi connectivity index (χ4v) is 2.93. The van der Waals surface area contributed by atoms with Crippen LogP contribution in [0.2, 0.25) is 0 Å². The molecule has 0 aliphatic carbocycles. The molecule has 0 spiro atoms. The molecule has 4 aromatic rings. The first kappa shape index (κ1) is 18.6. The standard InChI is InChI=1S/C23H21N3O3/c27-23(22-20(11-14-28-22)17-29-21-5-2-1-3-6-21)24-15-18-7-9-19(10-8-18)16-26-13-4-12-25-26/h1-14H,15-17H2,(H,24,27). The summed E-state index contributed by atoms with van der Waals surface area (Å²) < 4.78 is 13.0. The molecule has 0 bridgehead atoms. The van der Waals surface area contributed by atoms with E-state index in [9.17, 15) is 4.79 Å². The van der Waals surface area contributed by atoms with Gasteiger partial charge in [0, 0.05) is 24.5 Å². The Balaban J connectivity index is 1.31. The minimum Gasteiger partial charge on any atom is -0.489 e. The van der Waals surface area contributed by atoms with Crippen LogP contribution in [0.4, 0.5) is 0 Å². The molecule has 2 aromatic heterocycles.